The van der Waals surface area contributed by atoms with Crippen molar-refractivity contribution in [3.63, 3.8) is 0 Å². The molecule has 1 aliphatic rings. The molecule has 1 fully saturated rings. The number of nitrogens with zero attached hydrogens (tertiary/aromatic N) is 2. The van der Waals surface area contributed by atoms with Crippen molar-refractivity contribution in [2.24, 2.45) is 5.10 Å². The maximum atomic E-state index is 12.3. The molecular weight excluding hydrogens is 442 g/mol. The Morgan fingerprint density at radius 1 is 1.09 bits per heavy atom. The number of likely N-dealkylation sites (tertiary alicyclic amines) is 1. The molecule has 7 nitrogen and oxygen atoms in total. The Balaban J connectivity index is 1.28. The fraction of sp³-hybridized carbons (Fsp3) is 0.250. The molecule has 0 aliphatic carbocycles. The van der Waals surface area contributed by atoms with Gasteiger partial charge in [-0.1, -0.05) is 60.2 Å². The minimum Gasteiger partial charge on any atom is -0.493 e. The van der Waals surface area contributed by atoms with E-state index in [1.807, 2.05) is 73.7 Å². The zero-order chi connectivity index (χ0) is 24.6. The lowest BCUT2D eigenvalue weighted by Crippen LogP contribution is -2.36. The van der Waals surface area contributed by atoms with Crippen molar-refractivity contribution in [1.29, 1.82) is 0 Å². The van der Waals surface area contributed by atoms with E-state index in [0.717, 1.165) is 16.7 Å². The van der Waals surface area contributed by atoms with E-state index in [4.69, 9.17) is 9.47 Å². The second kappa shape index (κ2) is 11.3. The number of rotatable bonds is 9. The highest BCUT2D eigenvalue weighted by molar-refractivity contribution is 5.88. The summed E-state index contributed by atoms with van der Waals surface area (Å²) in [5.41, 5.74) is 6.62. The van der Waals surface area contributed by atoms with E-state index < -0.39 is 0 Å². The number of aryl methyl sites for hydroxylation is 1. The largest absolute Gasteiger partial charge is 0.493 e. The zero-order valence-electron chi connectivity index (χ0n) is 19.9. The van der Waals surface area contributed by atoms with E-state index in [-0.39, 0.29) is 24.3 Å². The van der Waals surface area contributed by atoms with Crippen LogP contribution in [0.2, 0.25) is 0 Å². The molecule has 0 radical (unpaired) electrons. The lowest BCUT2D eigenvalue weighted by atomic mass is 9.99. The van der Waals surface area contributed by atoms with Gasteiger partial charge in [-0.05, 0) is 41.8 Å². The quantitative estimate of drug-likeness (QED) is 0.377. The van der Waals surface area contributed by atoms with E-state index in [2.05, 4.69) is 10.5 Å². The van der Waals surface area contributed by atoms with Gasteiger partial charge in [0.15, 0.2) is 11.5 Å². The third kappa shape index (κ3) is 6.47. The highest BCUT2D eigenvalue weighted by Gasteiger charge is 2.31. The summed E-state index contributed by atoms with van der Waals surface area (Å²) in [7, 11) is 1.58. The number of hydrazone groups is 1. The Kier molecular flexibility index (Phi) is 7.77. The molecule has 1 N–H and O–H groups in total. The molecule has 4 rings (SSSR count). The summed E-state index contributed by atoms with van der Waals surface area (Å²) in [6, 6.07) is 23.5. The van der Waals surface area contributed by atoms with Gasteiger partial charge in [-0.2, -0.15) is 5.10 Å². The molecule has 7 heteroatoms. The van der Waals surface area contributed by atoms with Gasteiger partial charge in [0.2, 0.25) is 5.91 Å². The number of hydrogen-bond acceptors (Lipinski definition) is 5. The van der Waals surface area contributed by atoms with Crippen molar-refractivity contribution in [3.05, 3.63) is 95.1 Å². The van der Waals surface area contributed by atoms with Crippen molar-refractivity contribution in [1.82, 2.24) is 10.3 Å². The van der Waals surface area contributed by atoms with Crippen LogP contribution in [-0.2, 0) is 16.2 Å². The molecule has 0 spiro atoms. The van der Waals surface area contributed by atoms with Crippen molar-refractivity contribution in [2.45, 2.75) is 25.9 Å². The molecule has 180 valence electrons. The summed E-state index contributed by atoms with van der Waals surface area (Å²) in [6.07, 6.45) is 1.95. The van der Waals surface area contributed by atoms with Crippen LogP contribution < -0.4 is 14.9 Å². The van der Waals surface area contributed by atoms with Crippen molar-refractivity contribution >= 4 is 18.0 Å². The minimum absolute atomic E-state index is 0.0192. The first-order valence-electron chi connectivity index (χ1n) is 11.5. The molecule has 1 heterocycles. The van der Waals surface area contributed by atoms with Gasteiger partial charge in [-0.25, -0.2) is 5.43 Å². The van der Waals surface area contributed by atoms with E-state index >= 15 is 0 Å². The molecule has 1 saturated heterocycles. The lowest BCUT2D eigenvalue weighted by molar-refractivity contribution is -0.133. The van der Waals surface area contributed by atoms with Gasteiger partial charge < -0.3 is 14.4 Å². The van der Waals surface area contributed by atoms with Crippen molar-refractivity contribution in [3.8, 4) is 11.5 Å². The number of hydrogen-bond donors (Lipinski definition) is 1. The summed E-state index contributed by atoms with van der Waals surface area (Å²) < 4.78 is 11.3. The fourth-order valence-corrected chi connectivity index (χ4v) is 3.99. The van der Waals surface area contributed by atoms with Crippen LogP contribution in [0.3, 0.4) is 0 Å². The normalized spacial score (nSPS) is 15.4. The van der Waals surface area contributed by atoms with Gasteiger partial charge >= 0.3 is 0 Å². The molecule has 3 aromatic carbocycles. The van der Waals surface area contributed by atoms with Gasteiger partial charge in [-0.3, -0.25) is 9.59 Å². The van der Waals surface area contributed by atoms with Gasteiger partial charge in [0.05, 0.1) is 13.3 Å². The van der Waals surface area contributed by atoms with Crippen LogP contribution in [0.15, 0.2) is 77.9 Å². The molecule has 2 amide bonds. The van der Waals surface area contributed by atoms with E-state index in [1.54, 1.807) is 18.1 Å². The molecule has 1 atom stereocenters. The predicted molar refractivity (Wildman–Crippen MR) is 135 cm³/mol. The monoisotopic (exact) mass is 471 g/mol. The fourth-order valence-electron chi connectivity index (χ4n) is 3.99. The summed E-state index contributed by atoms with van der Waals surface area (Å²) in [5.74, 6) is 0.938. The Morgan fingerprint density at radius 2 is 1.86 bits per heavy atom. The van der Waals surface area contributed by atoms with Crippen LogP contribution >= 0.6 is 0 Å². The summed E-state index contributed by atoms with van der Waals surface area (Å²) in [5, 5.41) is 4.03. The number of ether oxygens (including phenoxy) is 2. The first-order chi connectivity index (χ1) is 17.0. The number of carbonyl (C=O) groups excluding carboxylic acids is 2. The topological polar surface area (TPSA) is 80.2 Å². The van der Waals surface area contributed by atoms with Gasteiger partial charge in [0.1, 0.15) is 13.2 Å². The molecule has 0 unspecified atom stereocenters. The average molecular weight is 472 g/mol. The average Bonchev–Trinajstić information content (AvgIpc) is 3.24. The van der Waals surface area contributed by atoms with Crippen molar-refractivity contribution < 1.29 is 19.1 Å². The van der Waals surface area contributed by atoms with E-state index in [1.165, 1.54) is 11.8 Å². The standard InChI is InChI=1S/C28H29N3O4/c1-20-8-10-21(11-9-20)19-35-25-13-12-22(14-26(25)34-2)16-29-30-27(32)18-31-17-24(15-28(31)33)23-6-4-3-5-7-23/h3-14,16,24H,15,17-19H2,1-2H3,(H,30,32)/b29-16-/t24-/m1/s1. The Morgan fingerprint density at radius 3 is 2.60 bits per heavy atom. The van der Waals surface area contributed by atoms with Gasteiger partial charge in [0, 0.05) is 18.9 Å². The second-order valence-electron chi connectivity index (χ2n) is 8.56. The number of nitrogens with one attached hydrogen (secondary N) is 1. The molecule has 0 aromatic heterocycles. The third-order valence-electron chi connectivity index (χ3n) is 5.93. The maximum absolute atomic E-state index is 12.3. The SMILES string of the molecule is COc1cc(/C=N\NC(=O)CN2C[C@H](c3ccccc3)CC2=O)ccc1OCc1ccc(C)cc1. The molecule has 1 aliphatic heterocycles. The number of carbonyl (C=O) groups is 2. The lowest BCUT2D eigenvalue weighted by Gasteiger charge is -2.15. The maximum Gasteiger partial charge on any atom is 0.259 e. The first-order valence-corrected chi connectivity index (χ1v) is 11.5. The van der Waals surface area contributed by atoms with Crippen LogP contribution in [0.1, 0.15) is 34.6 Å². The smallest absolute Gasteiger partial charge is 0.259 e. The molecule has 0 bridgehead atoms. The second-order valence-corrected chi connectivity index (χ2v) is 8.56. The van der Waals surface area contributed by atoms with Crippen LogP contribution in [-0.4, -0.2) is 43.1 Å². The number of methoxy groups -OCH3 is 1. The molecule has 35 heavy (non-hydrogen) atoms. The Bertz CT molecular complexity index is 1190. The van der Waals surface area contributed by atoms with Crippen LogP contribution in [0.25, 0.3) is 0 Å². The zero-order valence-corrected chi connectivity index (χ0v) is 19.9. The van der Waals surface area contributed by atoms with Gasteiger partial charge in [-0.15, -0.1) is 0 Å². The predicted octanol–water partition coefficient (Wildman–Crippen LogP) is 4.05. The van der Waals surface area contributed by atoms with E-state index in [0.29, 0.717) is 31.1 Å². The minimum atomic E-state index is -0.340. The van der Waals surface area contributed by atoms with Crippen LogP contribution in [0.5, 0.6) is 11.5 Å². The summed E-state index contributed by atoms with van der Waals surface area (Å²) in [4.78, 5) is 26.2. The summed E-state index contributed by atoms with van der Waals surface area (Å²) >= 11 is 0. The Labute approximate surface area is 205 Å². The highest BCUT2D eigenvalue weighted by Crippen LogP contribution is 2.29. The van der Waals surface area contributed by atoms with Crippen LogP contribution in [0.4, 0.5) is 0 Å². The Hall–Kier alpha value is -4.13. The molecular formula is C28H29N3O4. The number of amides is 2. The summed E-state index contributed by atoms with van der Waals surface area (Å²) in [6.45, 7) is 2.99. The van der Waals surface area contributed by atoms with Crippen LogP contribution in [0, 0.1) is 6.92 Å². The van der Waals surface area contributed by atoms with E-state index in [9.17, 15) is 9.59 Å². The number of benzene rings is 3. The highest BCUT2D eigenvalue weighted by atomic mass is 16.5. The third-order valence-corrected chi connectivity index (χ3v) is 5.93. The molecule has 3 aromatic rings. The first kappa shape index (κ1) is 24.0. The molecule has 0 saturated carbocycles. The van der Waals surface area contributed by atoms with Crippen molar-refractivity contribution in [2.75, 3.05) is 20.2 Å². The van der Waals surface area contributed by atoms with Gasteiger partial charge in [0.25, 0.3) is 5.91 Å².